The van der Waals surface area contributed by atoms with Crippen LogP contribution in [0.15, 0.2) is 45.3 Å². The van der Waals surface area contributed by atoms with Crippen LogP contribution in [0, 0.1) is 15.9 Å². The molecular weight excluding hydrogens is 395 g/mol. The zero-order valence-electron chi connectivity index (χ0n) is 10.1. The fourth-order valence-corrected chi connectivity index (χ4v) is 2.25. The van der Waals surface area contributed by atoms with Crippen LogP contribution in [0.5, 0.6) is 0 Å². The molecule has 0 saturated heterocycles. The van der Waals surface area contributed by atoms with Crippen molar-refractivity contribution in [2.45, 2.75) is 6.54 Å². The lowest BCUT2D eigenvalue weighted by molar-refractivity contribution is -0.384. The Labute approximate surface area is 131 Å². The molecule has 0 heterocycles. The minimum atomic E-state index is -0.463. The molecule has 1 N–H and O–H groups in total. The molecule has 2 aromatic carbocycles. The minimum absolute atomic E-state index is 0.0306. The third kappa shape index (κ3) is 3.55. The molecule has 0 bridgehead atoms. The highest BCUT2D eigenvalue weighted by Gasteiger charge is 2.13. The number of hydrogen-bond acceptors (Lipinski definition) is 3. The van der Waals surface area contributed by atoms with Crippen molar-refractivity contribution in [1.82, 2.24) is 0 Å². The highest BCUT2D eigenvalue weighted by Crippen LogP contribution is 2.28. The van der Waals surface area contributed by atoms with Crippen molar-refractivity contribution in [3.63, 3.8) is 0 Å². The molecule has 2 rings (SSSR count). The molecule has 0 aromatic heterocycles. The molecule has 0 spiro atoms. The number of nitrogens with one attached hydrogen (secondary N) is 1. The Morgan fingerprint density at radius 3 is 2.60 bits per heavy atom. The number of anilines is 1. The predicted molar refractivity (Wildman–Crippen MR) is 82.2 cm³/mol. The summed E-state index contributed by atoms with van der Waals surface area (Å²) in [6, 6.07) is 9.45. The number of rotatable bonds is 4. The number of nitrogens with zero attached hydrogens (tertiary/aromatic N) is 1. The molecule has 2 aromatic rings. The van der Waals surface area contributed by atoms with E-state index < -0.39 is 4.92 Å². The minimum Gasteiger partial charge on any atom is -0.375 e. The molecular formula is C13H9Br2FN2O2. The summed E-state index contributed by atoms with van der Waals surface area (Å²) in [5.74, 6) is -0.366. The van der Waals surface area contributed by atoms with Gasteiger partial charge in [0.2, 0.25) is 0 Å². The van der Waals surface area contributed by atoms with Gasteiger partial charge < -0.3 is 5.32 Å². The van der Waals surface area contributed by atoms with E-state index in [2.05, 4.69) is 37.2 Å². The first-order valence-electron chi connectivity index (χ1n) is 5.59. The van der Waals surface area contributed by atoms with Crippen LogP contribution in [0.25, 0.3) is 0 Å². The van der Waals surface area contributed by atoms with E-state index in [0.717, 1.165) is 0 Å². The first-order valence-corrected chi connectivity index (χ1v) is 7.17. The second-order valence-corrected chi connectivity index (χ2v) is 5.79. The summed E-state index contributed by atoms with van der Waals surface area (Å²) in [7, 11) is 0. The monoisotopic (exact) mass is 402 g/mol. The summed E-state index contributed by atoms with van der Waals surface area (Å²) in [4.78, 5) is 10.5. The Kier molecular flexibility index (Phi) is 4.72. The molecule has 104 valence electrons. The number of halogens is 3. The molecule has 0 amide bonds. The Balaban J connectivity index is 2.18. The zero-order chi connectivity index (χ0) is 14.7. The van der Waals surface area contributed by atoms with Crippen LogP contribution in [0.1, 0.15) is 5.56 Å². The smallest absolute Gasteiger partial charge is 0.293 e. The van der Waals surface area contributed by atoms with Gasteiger partial charge in [-0.2, -0.15) is 0 Å². The maximum Gasteiger partial charge on any atom is 0.293 e. The van der Waals surface area contributed by atoms with Gasteiger partial charge in [-0.1, -0.05) is 22.0 Å². The van der Waals surface area contributed by atoms with Crippen LogP contribution in [0.4, 0.5) is 15.8 Å². The lowest BCUT2D eigenvalue weighted by Gasteiger charge is -2.08. The lowest BCUT2D eigenvalue weighted by atomic mass is 10.2. The second kappa shape index (κ2) is 6.32. The molecule has 0 atom stereocenters. The SMILES string of the molecule is O=[N+]([O-])c1cc(Br)ccc1NCc1ccc(Br)c(F)c1. The van der Waals surface area contributed by atoms with Crippen molar-refractivity contribution in [3.8, 4) is 0 Å². The quantitative estimate of drug-likeness (QED) is 0.585. The van der Waals surface area contributed by atoms with Crippen molar-refractivity contribution in [2.75, 3.05) is 5.32 Å². The predicted octanol–water partition coefficient (Wildman–Crippen LogP) is 4.87. The number of benzene rings is 2. The standard InChI is InChI=1S/C13H9Br2FN2O2/c14-9-2-4-12(13(6-9)18(19)20)17-7-8-1-3-10(15)11(16)5-8/h1-6,17H,7H2. The van der Waals surface area contributed by atoms with Gasteiger partial charge in [0.25, 0.3) is 5.69 Å². The lowest BCUT2D eigenvalue weighted by Crippen LogP contribution is -2.03. The van der Waals surface area contributed by atoms with Crippen molar-refractivity contribution < 1.29 is 9.31 Å². The molecule has 0 fully saturated rings. The van der Waals surface area contributed by atoms with Crippen molar-refractivity contribution in [1.29, 1.82) is 0 Å². The second-order valence-electron chi connectivity index (χ2n) is 4.02. The Morgan fingerprint density at radius 1 is 1.20 bits per heavy atom. The van der Waals surface area contributed by atoms with Gasteiger partial charge in [0.1, 0.15) is 11.5 Å². The summed E-state index contributed by atoms with van der Waals surface area (Å²) >= 11 is 6.27. The van der Waals surface area contributed by atoms with Crippen LogP contribution in [-0.2, 0) is 6.54 Å². The Morgan fingerprint density at radius 2 is 1.95 bits per heavy atom. The number of nitro benzene ring substituents is 1. The highest BCUT2D eigenvalue weighted by atomic mass is 79.9. The molecule has 0 saturated carbocycles. The molecule has 0 aliphatic carbocycles. The Bertz CT molecular complexity index is 665. The summed E-state index contributed by atoms with van der Waals surface area (Å²) in [5.41, 5.74) is 1.06. The normalized spacial score (nSPS) is 10.3. The van der Waals surface area contributed by atoms with E-state index in [1.165, 1.54) is 12.1 Å². The average Bonchev–Trinajstić information content (AvgIpc) is 2.41. The molecule has 4 nitrogen and oxygen atoms in total. The van der Waals surface area contributed by atoms with E-state index in [1.807, 2.05) is 0 Å². The van der Waals surface area contributed by atoms with Crippen molar-refractivity contribution in [3.05, 3.63) is 66.8 Å². The molecule has 20 heavy (non-hydrogen) atoms. The largest absolute Gasteiger partial charge is 0.375 e. The van der Waals surface area contributed by atoms with Crippen LogP contribution in [-0.4, -0.2) is 4.92 Å². The fourth-order valence-electron chi connectivity index (χ4n) is 1.65. The van der Waals surface area contributed by atoms with E-state index in [-0.39, 0.29) is 11.5 Å². The first-order chi connectivity index (χ1) is 9.47. The molecule has 0 aliphatic heterocycles. The van der Waals surface area contributed by atoms with Gasteiger partial charge in [0.15, 0.2) is 0 Å². The van der Waals surface area contributed by atoms with E-state index in [9.17, 15) is 14.5 Å². The van der Waals surface area contributed by atoms with Crippen LogP contribution < -0.4 is 5.32 Å². The van der Waals surface area contributed by atoms with Gasteiger partial charge in [-0.15, -0.1) is 0 Å². The summed E-state index contributed by atoms with van der Waals surface area (Å²) in [6.07, 6.45) is 0. The highest BCUT2D eigenvalue weighted by molar-refractivity contribution is 9.10. The van der Waals surface area contributed by atoms with Crippen molar-refractivity contribution >= 4 is 43.2 Å². The fraction of sp³-hybridized carbons (Fsp3) is 0.0769. The molecule has 0 unspecified atom stereocenters. The summed E-state index contributed by atoms with van der Waals surface area (Å²) in [6.45, 7) is 0.298. The van der Waals surface area contributed by atoms with Gasteiger partial charge in [0.05, 0.1) is 9.40 Å². The molecule has 7 heteroatoms. The summed E-state index contributed by atoms with van der Waals surface area (Å²) < 4.78 is 14.4. The van der Waals surface area contributed by atoms with E-state index in [1.54, 1.807) is 24.3 Å². The van der Waals surface area contributed by atoms with Crippen molar-refractivity contribution in [2.24, 2.45) is 0 Å². The topological polar surface area (TPSA) is 55.2 Å². The number of nitro groups is 1. The van der Waals surface area contributed by atoms with E-state index >= 15 is 0 Å². The first kappa shape index (κ1) is 14.9. The third-order valence-corrected chi connectivity index (χ3v) is 3.76. The maximum absolute atomic E-state index is 13.4. The molecule has 0 aliphatic rings. The van der Waals surface area contributed by atoms with E-state index in [0.29, 0.717) is 26.7 Å². The summed E-state index contributed by atoms with van der Waals surface area (Å²) in [5, 5.41) is 13.9. The molecule has 0 radical (unpaired) electrons. The maximum atomic E-state index is 13.4. The Hall–Kier alpha value is -1.47. The van der Waals surface area contributed by atoms with Gasteiger partial charge in [-0.05, 0) is 45.8 Å². The van der Waals surface area contributed by atoms with Gasteiger partial charge in [-0.25, -0.2) is 4.39 Å². The third-order valence-electron chi connectivity index (χ3n) is 2.62. The van der Waals surface area contributed by atoms with Gasteiger partial charge in [0, 0.05) is 17.1 Å². The average molecular weight is 404 g/mol. The van der Waals surface area contributed by atoms with Gasteiger partial charge >= 0.3 is 0 Å². The van der Waals surface area contributed by atoms with Crippen LogP contribution in [0.3, 0.4) is 0 Å². The van der Waals surface area contributed by atoms with E-state index in [4.69, 9.17) is 0 Å². The van der Waals surface area contributed by atoms with Crippen LogP contribution in [0.2, 0.25) is 0 Å². The number of hydrogen-bond donors (Lipinski definition) is 1. The zero-order valence-corrected chi connectivity index (χ0v) is 13.2. The van der Waals surface area contributed by atoms with Gasteiger partial charge in [-0.3, -0.25) is 10.1 Å². The van der Waals surface area contributed by atoms with Crippen LogP contribution >= 0.6 is 31.9 Å².